The van der Waals surface area contributed by atoms with Crippen molar-refractivity contribution < 1.29 is 27.8 Å². The van der Waals surface area contributed by atoms with Gasteiger partial charge in [-0.05, 0) is 32.4 Å². The molecule has 0 bridgehead atoms. The Balaban J connectivity index is 2.65. The number of carbonyl (C=O) groups is 1. The molecule has 2 rings (SSSR count). The van der Waals surface area contributed by atoms with E-state index in [9.17, 15) is 23.1 Å². The molecule has 0 aliphatic carbocycles. The van der Waals surface area contributed by atoms with E-state index in [0.29, 0.717) is 0 Å². The van der Waals surface area contributed by atoms with E-state index in [1.807, 2.05) is 0 Å². The predicted molar refractivity (Wildman–Crippen MR) is 76.3 cm³/mol. The molecular weight excluding hydrogens is 313 g/mol. The molecule has 1 aliphatic heterocycles. The number of carbonyl (C=O) groups excluding carboxylic acids is 1. The molecule has 1 aromatic rings. The molecule has 0 radical (unpaired) electrons. The van der Waals surface area contributed by atoms with E-state index in [2.05, 4.69) is 4.85 Å². The molecule has 1 N–H and O–H groups in total. The van der Waals surface area contributed by atoms with Crippen LogP contribution in [-0.2, 0) is 10.9 Å². The van der Waals surface area contributed by atoms with Crippen molar-refractivity contribution in [3.05, 3.63) is 34.7 Å². The van der Waals surface area contributed by atoms with Gasteiger partial charge in [-0.3, -0.25) is 4.90 Å². The standard InChI is InChI=1S/C15H15F3N2O3/c1-7-11(6-5-10(19-4)12(7)15(16,17)18)20-13(8(2)21)9(3)23-14(20)22/h5-6,8-9,13,21H,1-3H3/t8-,9-,13-/m0/s1. The highest BCUT2D eigenvalue weighted by Crippen LogP contribution is 2.43. The van der Waals surface area contributed by atoms with Crippen LogP contribution < -0.4 is 4.90 Å². The van der Waals surface area contributed by atoms with Crippen molar-refractivity contribution in [3.8, 4) is 0 Å². The van der Waals surface area contributed by atoms with Crippen molar-refractivity contribution in [1.29, 1.82) is 0 Å². The Labute approximate surface area is 131 Å². The Morgan fingerprint density at radius 3 is 2.52 bits per heavy atom. The first-order chi connectivity index (χ1) is 10.6. The summed E-state index contributed by atoms with van der Waals surface area (Å²) >= 11 is 0. The van der Waals surface area contributed by atoms with E-state index >= 15 is 0 Å². The van der Waals surface area contributed by atoms with Crippen LogP contribution in [0.25, 0.3) is 4.85 Å². The lowest BCUT2D eigenvalue weighted by Crippen LogP contribution is -2.44. The van der Waals surface area contributed by atoms with Gasteiger partial charge in [0.05, 0.1) is 18.2 Å². The topological polar surface area (TPSA) is 54.1 Å². The first-order valence-electron chi connectivity index (χ1n) is 6.85. The normalized spacial score (nSPS) is 22.7. The molecule has 1 aliphatic rings. The third-order valence-corrected chi connectivity index (χ3v) is 3.83. The maximum Gasteiger partial charge on any atom is 0.415 e. The third kappa shape index (κ3) is 2.84. The van der Waals surface area contributed by atoms with Gasteiger partial charge in [-0.25, -0.2) is 9.64 Å². The molecule has 1 fully saturated rings. The lowest BCUT2D eigenvalue weighted by Gasteiger charge is -2.28. The maximum absolute atomic E-state index is 13.3. The van der Waals surface area contributed by atoms with Crippen LogP contribution in [0.5, 0.6) is 0 Å². The lowest BCUT2D eigenvalue weighted by atomic mass is 10.00. The number of halogens is 3. The Kier molecular flexibility index (Phi) is 4.26. The third-order valence-electron chi connectivity index (χ3n) is 3.83. The second-order valence-corrected chi connectivity index (χ2v) is 5.40. The summed E-state index contributed by atoms with van der Waals surface area (Å²) in [4.78, 5) is 15.9. The predicted octanol–water partition coefficient (Wildman–Crippen LogP) is 3.66. The Bertz CT molecular complexity index is 680. The summed E-state index contributed by atoms with van der Waals surface area (Å²) in [6.45, 7) is 11.1. The minimum Gasteiger partial charge on any atom is -0.444 e. The number of anilines is 1. The molecule has 23 heavy (non-hydrogen) atoms. The fraction of sp³-hybridized carbons (Fsp3) is 0.467. The summed E-state index contributed by atoms with van der Waals surface area (Å²) in [5, 5.41) is 9.85. The van der Waals surface area contributed by atoms with Gasteiger partial charge < -0.3 is 9.84 Å². The minimum atomic E-state index is -4.73. The molecule has 0 unspecified atom stereocenters. The second-order valence-electron chi connectivity index (χ2n) is 5.40. The molecule has 1 amide bonds. The van der Waals surface area contributed by atoms with Crippen LogP contribution in [-0.4, -0.2) is 29.4 Å². The summed E-state index contributed by atoms with van der Waals surface area (Å²) in [7, 11) is 0. The number of aliphatic hydroxyl groups is 1. The highest BCUT2D eigenvalue weighted by molar-refractivity contribution is 5.92. The van der Waals surface area contributed by atoms with Crippen LogP contribution in [0, 0.1) is 13.5 Å². The van der Waals surface area contributed by atoms with Crippen LogP contribution in [0.2, 0.25) is 0 Å². The minimum absolute atomic E-state index is 0.0232. The van der Waals surface area contributed by atoms with Gasteiger partial charge in [-0.15, -0.1) is 0 Å². The Morgan fingerprint density at radius 2 is 2.04 bits per heavy atom. The van der Waals surface area contributed by atoms with Gasteiger partial charge in [0, 0.05) is 5.69 Å². The smallest absolute Gasteiger partial charge is 0.415 e. The lowest BCUT2D eigenvalue weighted by molar-refractivity contribution is -0.137. The van der Waals surface area contributed by atoms with Gasteiger partial charge in [0.25, 0.3) is 0 Å². The molecule has 0 spiro atoms. The van der Waals surface area contributed by atoms with E-state index in [1.165, 1.54) is 19.9 Å². The van der Waals surface area contributed by atoms with Crippen molar-refractivity contribution in [2.45, 2.75) is 45.2 Å². The molecule has 8 heteroatoms. The van der Waals surface area contributed by atoms with Crippen LogP contribution in [0.4, 0.5) is 29.3 Å². The fourth-order valence-electron chi connectivity index (χ4n) is 2.88. The van der Waals surface area contributed by atoms with E-state index in [0.717, 1.165) is 11.0 Å². The number of nitrogens with zero attached hydrogens (tertiary/aromatic N) is 2. The molecule has 3 atom stereocenters. The molecule has 0 saturated carbocycles. The summed E-state index contributed by atoms with van der Waals surface area (Å²) in [6, 6.07) is 1.49. The van der Waals surface area contributed by atoms with Crippen LogP contribution in [0.3, 0.4) is 0 Å². The number of aliphatic hydroxyl groups excluding tert-OH is 1. The molecule has 1 saturated heterocycles. The fourth-order valence-corrected chi connectivity index (χ4v) is 2.88. The summed E-state index contributed by atoms with van der Waals surface area (Å²) in [5.41, 5.74) is -1.89. The van der Waals surface area contributed by atoms with E-state index in [4.69, 9.17) is 11.3 Å². The molecule has 1 aromatic carbocycles. The average Bonchev–Trinajstić information content (AvgIpc) is 2.71. The number of hydrogen-bond acceptors (Lipinski definition) is 3. The average molecular weight is 328 g/mol. The van der Waals surface area contributed by atoms with Crippen molar-refractivity contribution in [2.75, 3.05) is 4.90 Å². The Morgan fingerprint density at radius 1 is 1.43 bits per heavy atom. The van der Waals surface area contributed by atoms with Crippen LogP contribution in [0.1, 0.15) is 25.0 Å². The van der Waals surface area contributed by atoms with Crippen LogP contribution >= 0.6 is 0 Å². The SMILES string of the molecule is [C-]#[N+]c1ccc(N2C(=O)O[C@@H](C)[C@@H]2[C@H](C)O)c(C)c1C(F)(F)F. The van der Waals surface area contributed by atoms with E-state index < -0.39 is 41.8 Å². The monoisotopic (exact) mass is 328 g/mol. The van der Waals surface area contributed by atoms with Gasteiger partial charge >= 0.3 is 12.3 Å². The highest BCUT2D eigenvalue weighted by atomic mass is 19.4. The number of cyclic esters (lactones) is 1. The zero-order valence-corrected chi connectivity index (χ0v) is 12.7. The van der Waals surface area contributed by atoms with Crippen molar-refractivity contribution in [1.82, 2.24) is 0 Å². The number of alkyl halides is 3. The zero-order chi connectivity index (χ0) is 17.5. The van der Waals surface area contributed by atoms with Crippen molar-refractivity contribution in [3.63, 3.8) is 0 Å². The van der Waals surface area contributed by atoms with E-state index in [1.54, 1.807) is 6.92 Å². The number of amides is 1. The summed E-state index contributed by atoms with van der Waals surface area (Å²) < 4.78 is 44.8. The number of benzene rings is 1. The van der Waals surface area contributed by atoms with Gasteiger partial charge in [0.1, 0.15) is 12.1 Å². The largest absolute Gasteiger partial charge is 0.444 e. The highest BCUT2D eigenvalue weighted by Gasteiger charge is 2.45. The molecule has 5 nitrogen and oxygen atoms in total. The number of hydrogen-bond donors (Lipinski definition) is 1. The van der Waals surface area contributed by atoms with Gasteiger partial charge in [0.2, 0.25) is 0 Å². The van der Waals surface area contributed by atoms with Crippen molar-refractivity contribution in [2.24, 2.45) is 0 Å². The molecule has 124 valence electrons. The zero-order valence-electron chi connectivity index (χ0n) is 12.7. The summed E-state index contributed by atoms with van der Waals surface area (Å²) in [5.74, 6) is 0. The first-order valence-corrected chi connectivity index (χ1v) is 6.85. The quantitative estimate of drug-likeness (QED) is 0.843. The number of ether oxygens (including phenoxy) is 1. The van der Waals surface area contributed by atoms with E-state index in [-0.39, 0.29) is 11.3 Å². The van der Waals surface area contributed by atoms with Gasteiger partial charge in [0.15, 0.2) is 5.69 Å². The van der Waals surface area contributed by atoms with Gasteiger partial charge in [-0.1, -0.05) is 6.07 Å². The van der Waals surface area contributed by atoms with Gasteiger partial charge in [-0.2, -0.15) is 13.2 Å². The van der Waals surface area contributed by atoms with Crippen LogP contribution in [0.15, 0.2) is 12.1 Å². The van der Waals surface area contributed by atoms with Crippen molar-refractivity contribution >= 4 is 17.5 Å². The Hall–Kier alpha value is -2.27. The molecule has 1 heterocycles. The molecular formula is C15H15F3N2O3. The maximum atomic E-state index is 13.3. The summed E-state index contributed by atoms with van der Waals surface area (Å²) in [6.07, 6.45) is -7.21. The second kappa shape index (κ2) is 5.74. The molecule has 0 aromatic heterocycles. The number of rotatable bonds is 2. The first kappa shape index (κ1) is 17.1.